The number of hydrogen-bond donors (Lipinski definition) is 2. The molecule has 2 atom stereocenters. The van der Waals surface area contributed by atoms with Gasteiger partial charge in [-0.05, 0) is 48.6 Å². The molecule has 5 aromatic rings. The molecule has 0 saturated heterocycles. The SMILES string of the molecule is [2H]C(Nc1cc(Cl)c2ncc(C#N)c(NC(CCC#N)c3ccccc3)c2c1)(c1cn(C2CC2)nn1)c1ccccc1Cl. The Morgan fingerprint density at radius 1 is 1.02 bits per heavy atom. The molecule has 0 aliphatic heterocycles. The van der Waals surface area contributed by atoms with Gasteiger partial charge in [-0.25, -0.2) is 4.68 Å². The molecule has 2 heterocycles. The van der Waals surface area contributed by atoms with Gasteiger partial charge in [0.05, 0.1) is 53.5 Å². The van der Waals surface area contributed by atoms with E-state index < -0.39 is 6.02 Å². The highest BCUT2D eigenvalue weighted by atomic mass is 35.5. The lowest BCUT2D eigenvalue weighted by molar-refractivity contribution is 0.610. The van der Waals surface area contributed by atoms with Crippen LogP contribution in [0.15, 0.2) is 79.1 Å². The largest absolute Gasteiger partial charge is 0.377 e. The number of nitrogens with zero attached hydrogens (tertiary/aromatic N) is 6. The van der Waals surface area contributed by atoms with Crippen LogP contribution in [0.4, 0.5) is 11.4 Å². The van der Waals surface area contributed by atoms with Crippen LogP contribution in [0.25, 0.3) is 10.9 Å². The van der Waals surface area contributed by atoms with Crippen molar-refractivity contribution < 1.29 is 1.37 Å². The maximum Gasteiger partial charge on any atom is 0.110 e. The van der Waals surface area contributed by atoms with Crippen LogP contribution in [0.2, 0.25) is 10.0 Å². The third-order valence-electron chi connectivity index (χ3n) is 7.21. The van der Waals surface area contributed by atoms with Crippen LogP contribution < -0.4 is 10.6 Å². The average molecular weight is 595 g/mol. The Morgan fingerprint density at radius 3 is 2.55 bits per heavy atom. The Balaban J connectivity index is 1.47. The second kappa shape index (κ2) is 12.1. The van der Waals surface area contributed by atoms with E-state index in [2.05, 4.69) is 38.1 Å². The van der Waals surface area contributed by atoms with Gasteiger partial charge in [0.25, 0.3) is 0 Å². The van der Waals surface area contributed by atoms with Crippen molar-refractivity contribution in [2.75, 3.05) is 10.6 Å². The number of aromatic nitrogens is 4. The number of pyridine rings is 1. The first-order valence-corrected chi connectivity index (χ1v) is 14.3. The minimum atomic E-state index is -1.62. The van der Waals surface area contributed by atoms with Gasteiger partial charge in [0.1, 0.15) is 11.8 Å². The molecule has 1 saturated carbocycles. The van der Waals surface area contributed by atoms with Crippen molar-refractivity contribution >= 4 is 45.5 Å². The van der Waals surface area contributed by atoms with Gasteiger partial charge in [0, 0.05) is 28.7 Å². The fraction of sp³-hybridized carbons (Fsp3) is 0.219. The van der Waals surface area contributed by atoms with Gasteiger partial charge >= 0.3 is 0 Å². The zero-order valence-corrected chi connectivity index (χ0v) is 23.9. The summed E-state index contributed by atoms with van der Waals surface area (Å²) in [7, 11) is 0. The molecule has 2 N–H and O–H groups in total. The molecule has 0 bridgehead atoms. The van der Waals surface area contributed by atoms with E-state index in [4.69, 9.17) is 23.2 Å². The van der Waals surface area contributed by atoms with Gasteiger partial charge in [-0.2, -0.15) is 10.5 Å². The number of halogens is 2. The molecule has 2 aromatic heterocycles. The quantitative estimate of drug-likeness (QED) is 0.168. The smallest absolute Gasteiger partial charge is 0.110 e. The monoisotopic (exact) mass is 593 g/mol. The maximum atomic E-state index is 10.0. The van der Waals surface area contributed by atoms with Gasteiger partial charge in [0.2, 0.25) is 0 Å². The Kier molecular flexibility index (Phi) is 7.56. The molecule has 1 fully saturated rings. The summed E-state index contributed by atoms with van der Waals surface area (Å²) in [5.41, 5.74) is 3.72. The van der Waals surface area contributed by atoms with Crippen LogP contribution in [-0.2, 0) is 0 Å². The van der Waals surface area contributed by atoms with Crippen molar-refractivity contribution in [1.82, 2.24) is 20.0 Å². The van der Waals surface area contributed by atoms with E-state index in [1.807, 2.05) is 48.5 Å². The third kappa shape index (κ3) is 5.73. The lowest BCUT2D eigenvalue weighted by Gasteiger charge is -2.23. The van der Waals surface area contributed by atoms with Crippen molar-refractivity contribution in [2.24, 2.45) is 0 Å². The molecule has 0 radical (unpaired) electrons. The zero-order chi connectivity index (χ0) is 30.0. The fourth-order valence-electron chi connectivity index (χ4n) is 4.95. The first kappa shape index (κ1) is 26.3. The second-order valence-corrected chi connectivity index (χ2v) is 10.9. The van der Waals surface area contributed by atoms with Gasteiger partial charge < -0.3 is 10.6 Å². The molecule has 0 spiro atoms. The van der Waals surface area contributed by atoms with Crippen LogP contribution in [0, 0.1) is 22.7 Å². The van der Waals surface area contributed by atoms with Crippen molar-refractivity contribution in [3.63, 3.8) is 0 Å². The van der Waals surface area contributed by atoms with Gasteiger partial charge in [-0.1, -0.05) is 76.9 Å². The molecule has 1 aliphatic rings. The molecule has 6 rings (SSSR count). The number of rotatable bonds is 10. The van der Waals surface area contributed by atoms with Gasteiger partial charge in [-0.3, -0.25) is 4.98 Å². The highest BCUT2D eigenvalue weighted by Gasteiger charge is 2.28. The summed E-state index contributed by atoms with van der Waals surface area (Å²) in [5.74, 6) is 0. The molecule has 10 heteroatoms. The molecular formula is C32H26Cl2N8. The Hall–Kier alpha value is -4.63. The summed E-state index contributed by atoms with van der Waals surface area (Å²) < 4.78 is 11.5. The summed E-state index contributed by atoms with van der Waals surface area (Å²) >= 11 is 13.4. The van der Waals surface area contributed by atoms with E-state index >= 15 is 0 Å². The Bertz CT molecular complexity index is 1880. The summed E-state index contributed by atoms with van der Waals surface area (Å²) in [6, 6.07) is 23.3. The van der Waals surface area contributed by atoms with E-state index in [1.54, 1.807) is 29.1 Å². The molecule has 0 amide bonds. The summed E-state index contributed by atoms with van der Waals surface area (Å²) in [6.07, 6.45) is 6.17. The Labute approximate surface area is 254 Å². The number of nitrogens with one attached hydrogen (secondary N) is 2. The van der Waals surface area contributed by atoms with Crippen LogP contribution in [0.3, 0.4) is 0 Å². The minimum absolute atomic E-state index is 0.246. The maximum absolute atomic E-state index is 10.0. The summed E-state index contributed by atoms with van der Waals surface area (Å²) in [4.78, 5) is 4.48. The number of anilines is 2. The predicted molar refractivity (Wildman–Crippen MR) is 164 cm³/mol. The van der Waals surface area contributed by atoms with E-state index in [1.165, 1.54) is 6.20 Å². The lowest BCUT2D eigenvalue weighted by atomic mass is 10.00. The normalized spacial score (nSPS) is 15.2. The Morgan fingerprint density at radius 2 is 1.81 bits per heavy atom. The summed E-state index contributed by atoms with van der Waals surface area (Å²) in [5, 5.41) is 36.2. The van der Waals surface area contributed by atoms with Crippen molar-refractivity contribution in [1.29, 1.82) is 10.5 Å². The molecular weight excluding hydrogens is 567 g/mol. The first-order valence-electron chi connectivity index (χ1n) is 14.1. The van der Waals surface area contributed by atoms with E-state index in [-0.39, 0.29) is 12.1 Å². The summed E-state index contributed by atoms with van der Waals surface area (Å²) in [6.45, 7) is 0. The standard InChI is InChI=1S/C32H26Cl2N8/c33-26-10-5-4-9-24(26)32(29-19-42(41-40-29)23-12-13-23)38-22-15-25-30(21(17-36)18-37-31(25)27(34)16-22)39-28(11-6-14-35)20-7-2-1-3-8-20/h1-5,7-10,15-16,18-19,23,28,32,38H,6,11-13H2,(H,37,39)/i32D. The highest BCUT2D eigenvalue weighted by molar-refractivity contribution is 6.36. The van der Waals surface area contributed by atoms with E-state index in [0.29, 0.717) is 62.0 Å². The number of hydrogen-bond acceptors (Lipinski definition) is 7. The van der Waals surface area contributed by atoms with Gasteiger partial charge in [0.15, 0.2) is 0 Å². The van der Waals surface area contributed by atoms with Crippen LogP contribution >= 0.6 is 23.2 Å². The van der Waals surface area contributed by atoms with E-state index in [0.717, 1.165) is 18.4 Å². The first-order chi connectivity index (χ1) is 20.9. The number of benzene rings is 3. The molecule has 208 valence electrons. The van der Waals surface area contributed by atoms with Crippen LogP contribution in [0.1, 0.15) is 67.5 Å². The average Bonchev–Trinajstić information content (AvgIpc) is 3.75. The molecule has 2 unspecified atom stereocenters. The molecule has 42 heavy (non-hydrogen) atoms. The lowest BCUT2D eigenvalue weighted by Crippen LogP contribution is -2.14. The zero-order valence-electron chi connectivity index (χ0n) is 23.4. The van der Waals surface area contributed by atoms with Crippen molar-refractivity contribution in [3.8, 4) is 12.1 Å². The minimum Gasteiger partial charge on any atom is -0.377 e. The third-order valence-corrected chi connectivity index (χ3v) is 7.83. The van der Waals surface area contributed by atoms with Crippen LogP contribution in [0.5, 0.6) is 0 Å². The topological polar surface area (TPSA) is 115 Å². The highest BCUT2D eigenvalue weighted by Crippen LogP contribution is 2.39. The number of nitriles is 2. The van der Waals surface area contributed by atoms with E-state index in [9.17, 15) is 11.9 Å². The second-order valence-electron chi connectivity index (χ2n) is 10.1. The van der Waals surface area contributed by atoms with Gasteiger partial charge in [-0.15, -0.1) is 5.10 Å². The van der Waals surface area contributed by atoms with Crippen molar-refractivity contribution in [3.05, 3.63) is 112 Å². The number of fused-ring (bicyclic) bond motifs is 1. The predicted octanol–water partition coefficient (Wildman–Crippen LogP) is 8.00. The molecule has 8 nitrogen and oxygen atoms in total. The molecule has 1 aliphatic carbocycles. The van der Waals surface area contributed by atoms with Crippen LogP contribution in [-0.4, -0.2) is 20.0 Å². The molecule has 3 aromatic carbocycles. The van der Waals surface area contributed by atoms with Crippen molar-refractivity contribution in [2.45, 2.75) is 43.8 Å². The fourth-order valence-corrected chi connectivity index (χ4v) is 5.45.